The van der Waals surface area contributed by atoms with Gasteiger partial charge in [0.05, 0.1) is 4.90 Å². The van der Waals surface area contributed by atoms with Crippen LogP contribution in [0.4, 0.5) is 0 Å². The first-order valence-electron chi connectivity index (χ1n) is 9.44. The summed E-state index contributed by atoms with van der Waals surface area (Å²) in [6.45, 7) is 4.38. The molecular weight excluding hydrogens is 374 g/mol. The van der Waals surface area contributed by atoms with Crippen molar-refractivity contribution in [2.45, 2.75) is 44.0 Å². The van der Waals surface area contributed by atoms with Gasteiger partial charge < -0.3 is 4.52 Å². The highest BCUT2D eigenvalue weighted by molar-refractivity contribution is 7.89. The van der Waals surface area contributed by atoms with E-state index in [2.05, 4.69) is 10.1 Å². The Morgan fingerprint density at radius 1 is 1.04 bits per heavy atom. The highest BCUT2D eigenvalue weighted by atomic mass is 32.2. The second-order valence-corrected chi connectivity index (χ2v) is 9.16. The van der Waals surface area contributed by atoms with Gasteiger partial charge in [-0.25, -0.2) is 8.42 Å². The van der Waals surface area contributed by atoms with E-state index in [0.29, 0.717) is 29.6 Å². The number of hydrogen-bond donors (Lipinski definition) is 0. The van der Waals surface area contributed by atoms with Gasteiger partial charge in [-0.05, 0) is 44.9 Å². The van der Waals surface area contributed by atoms with E-state index >= 15 is 0 Å². The van der Waals surface area contributed by atoms with E-state index in [-0.39, 0.29) is 0 Å². The number of aromatic nitrogens is 2. The molecule has 1 atom stereocenters. The van der Waals surface area contributed by atoms with Gasteiger partial charge in [-0.3, -0.25) is 0 Å². The normalized spacial score (nSPS) is 18.3. The molecule has 1 fully saturated rings. The van der Waals surface area contributed by atoms with E-state index in [0.717, 1.165) is 29.5 Å². The third kappa shape index (κ3) is 3.59. The predicted octanol–water partition coefficient (Wildman–Crippen LogP) is 4.27. The molecule has 1 aromatic heterocycles. The molecule has 1 unspecified atom stereocenters. The highest BCUT2D eigenvalue weighted by Gasteiger charge is 2.37. The van der Waals surface area contributed by atoms with Crippen LogP contribution < -0.4 is 0 Å². The van der Waals surface area contributed by atoms with E-state index in [9.17, 15) is 8.42 Å². The summed E-state index contributed by atoms with van der Waals surface area (Å²) in [7, 11) is -3.63. The SMILES string of the molecule is Cc1ccc(S(=O)(=O)N2CCCCC2c2nc(-c3cccc(C)c3)no2)cc1. The number of sulfonamides is 1. The molecule has 146 valence electrons. The van der Waals surface area contributed by atoms with Crippen LogP contribution in [-0.2, 0) is 10.0 Å². The van der Waals surface area contributed by atoms with Gasteiger partial charge in [0.15, 0.2) is 0 Å². The predicted molar refractivity (Wildman–Crippen MR) is 106 cm³/mol. The number of aryl methyl sites for hydroxylation is 2. The van der Waals surface area contributed by atoms with Gasteiger partial charge in [0.2, 0.25) is 21.7 Å². The van der Waals surface area contributed by atoms with Crippen LogP contribution in [-0.4, -0.2) is 29.4 Å². The van der Waals surface area contributed by atoms with Crippen molar-refractivity contribution in [2.75, 3.05) is 6.54 Å². The van der Waals surface area contributed by atoms with Crippen molar-refractivity contribution in [3.05, 3.63) is 65.5 Å². The standard InChI is InChI=1S/C21H23N3O3S/c1-15-9-11-18(12-10-15)28(25,26)24-13-4-3-8-19(24)21-22-20(23-27-21)17-7-5-6-16(2)14-17/h5-7,9-12,14,19H,3-4,8,13H2,1-2H3. The summed E-state index contributed by atoms with van der Waals surface area (Å²) in [4.78, 5) is 4.83. The molecule has 0 N–H and O–H groups in total. The first-order chi connectivity index (χ1) is 13.4. The zero-order valence-corrected chi connectivity index (χ0v) is 16.8. The van der Waals surface area contributed by atoms with E-state index in [1.807, 2.05) is 50.2 Å². The summed E-state index contributed by atoms with van der Waals surface area (Å²) >= 11 is 0. The minimum Gasteiger partial charge on any atom is -0.337 e. The van der Waals surface area contributed by atoms with Crippen LogP contribution in [0.2, 0.25) is 0 Å². The molecule has 1 saturated heterocycles. The monoisotopic (exact) mass is 397 g/mol. The molecular formula is C21H23N3O3S. The number of hydrogen-bond acceptors (Lipinski definition) is 5. The first kappa shape index (κ1) is 18.8. The zero-order valence-electron chi connectivity index (χ0n) is 16.0. The molecule has 2 aromatic carbocycles. The van der Waals surface area contributed by atoms with Gasteiger partial charge in [0.1, 0.15) is 6.04 Å². The summed E-state index contributed by atoms with van der Waals surface area (Å²) in [5.74, 6) is 0.837. The fraction of sp³-hybridized carbons (Fsp3) is 0.333. The van der Waals surface area contributed by atoms with Gasteiger partial charge in [-0.1, -0.05) is 53.0 Å². The van der Waals surface area contributed by atoms with Crippen molar-refractivity contribution >= 4 is 10.0 Å². The summed E-state index contributed by atoms with van der Waals surface area (Å²) < 4.78 is 33.5. The molecule has 1 aliphatic heterocycles. The fourth-order valence-corrected chi connectivity index (χ4v) is 5.21. The third-order valence-electron chi connectivity index (χ3n) is 5.08. The molecule has 1 aliphatic rings. The second-order valence-electron chi connectivity index (χ2n) is 7.27. The van der Waals surface area contributed by atoms with Crippen LogP contribution >= 0.6 is 0 Å². The minimum atomic E-state index is -3.63. The highest BCUT2D eigenvalue weighted by Crippen LogP contribution is 2.35. The van der Waals surface area contributed by atoms with Gasteiger partial charge >= 0.3 is 0 Å². The molecule has 28 heavy (non-hydrogen) atoms. The average molecular weight is 398 g/mol. The van der Waals surface area contributed by atoms with Crippen LogP contribution in [0.25, 0.3) is 11.4 Å². The lowest BCUT2D eigenvalue weighted by Crippen LogP contribution is -2.38. The Labute approximate surface area is 165 Å². The Morgan fingerprint density at radius 2 is 1.82 bits per heavy atom. The molecule has 2 heterocycles. The molecule has 6 nitrogen and oxygen atoms in total. The van der Waals surface area contributed by atoms with Crippen molar-refractivity contribution < 1.29 is 12.9 Å². The largest absolute Gasteiger partial charge is 0.337 e. The average Bonchev–Trinajstić information content (AvgIpc) is 3.18. The van der Waals surface area contributed by atoms with Crippen LogP contribution in [0, 0.1) is 13.8 Å². The Hall–Kier alpha value is -2.51. The maximum absolute atomic E-state index is 13.2. The lowest BCUT2D eigenvalue weighted by Gasteiger charge is -2.32. The van der Waals surface area contributed by atoms with E-state index in [4.69, 9.17) is 4.52 Å². The van der Waals surface area contributed by atoms with E-state index in [1.54, 1.807) is 12.1 Å². The Kier molecular flexibility index (Phi) is 5.03. The summed E-state index contributed by atoms with van der Waals surface area (Å²) in [6.07, 6.45) is 2.41. The van der Waals surface area contributed by atoms with Crippen LogP contribution in [0.1, 0.15) is 42.3 Å². The van der Waals surface area contributed by atoms with E-state index in [1.165, 1.54) is 4.31 Å². The quantitative estimate of drug-likeness (QED) is 0.657. The minimum absolute atomic E-state index is 0.295. The molecule has 7 heteroatoms. The molecule has 0 saturated carbocycles. The van der Waals surface area contributed by atoms with Crippen LogP contribution in [0.3, 0.4) is 0 Å². The molecule has 0 amide bonds. The smallest absolute Gasteiger partial charge is 0.245 e. The Bertz CT molecular complexity index is 1070. The lowest BCUT2D eigenvalue weighted by molar-refractivity contribution is 0.204. The number of benzene rings is 2. The fourth-order valence-electron chi connectivity index (χ4n) is 3.56. The van der Waals surface area contributed by atoms with Crippen LogP contribution in [0.15, 0.2) is 57.9 Å². The summed E-state index contributed by atoms with van der Waals surface area (Å²) in [5.41, 5.74) is 2.98. The van der Waals surface area contributed by atoms with Gasteiger partial charge in [0.25, 0.3) is 0 Å². The maximum atomic E-state index is 13.2. The summed E-state index contributed by atoms with van der Waals surface area (Å²) in [6, 6.07) is 14.3. The Morgan fingerprint density at radius 3 is 2.57 bits per heavy atom. The maximum Gasteiger partial charge on any atom is 0.245 e. The summed E-state index contributed by atoms with van der Waals surface area (Å²) in [5, 5.41) is 4.10. The Balaban J connectivity index is 1.67. The topological polar surface area (TPSA) is 76.3 Å². The molecule has 0 radical (unpaired) electrons. The number of piperidine rings is 1. The lowest BCUT2D eigenvalue weighted by atomic mass is 10.1. The second kappa shape index (κ2) is 7.48. The molecule has 0 spiro atoms. The zero-order chi connectivity index (χ0) is 19.7. The van der Waals surface area contributed by atoms with E-state index < -0.39 is 16.1 Å². The first-order valence-corrected chi connectivity index (χ1v) is 10.9. The van der Waals surface area contributed by atoms with Crippen molar-refractivity contribution in [2.24, 2.45) is 0 Å². The van der Waals surface area contributed by atoms with Gasteiger partial charge in [-0.2, -0.15) is 9.29 Å². The van der Waals surface area contributed by atoms with Crippen molar-refractivity contribution in [1.82, 2.24) is 14.4 Å². The molecule has 0 bridgehead atoms. The molecule has 3 aromatic rings. The van der Waals surface area contributed by atoms with Crippen molar-refractivity contribution in [1.29, 1.82) is 0 Å². The molecule has 0 aliphatic carbocycles. The number of nitrogens with zero attached hydrogens (tertiary/aromatic N) is 3. The van der Waals surface area contributed by atoms with Crippen molar-refractivity contribution in [3.63, 3.8) is 0 Å². The van der Waals surface area contributed by atoms with Gasteiger partial charge in [0, 0.05) is 12.1 Å². The number of rotatable bonds is 4. The van der Waals surface area contributed by atoms with Crippen LogP contribution in [0.5, 0.6) is 0 Å². The van der Waals surface area contributed by atoms with Gasteiger partial charge in [-0.15, -0.1) is 0 Å². The molecule has 4 rings (SSSR count). The third-order valence-corrected chi connectivity index (χ3v) is 7.01. The van der Waals surface area contributed by atoms with Crippen molar-refractivity contribution in [3.8, 4) is 11.4 Å².